The van der Waals surface area contributed by atoms with Gasteiger partial charge in [0.25, 0.3) is 5.91 Å². The third-order valence-electron chi connectivity index (χ3n) is 3.23. The largest absolute Gasteiger partial charge is 0.508 e. The van der Waals surface area contributed by atoms with Gasteiger partial charge in [0, 0.05) is 11.5 Å². The fraction of sp³-hybridized carbons (Fsp3) is 0. The van der Waals surface area contributed by atoms with E-state index in [1.807, 2.05) is 6.07 Å². The summed E-state index contributed by atoms with van der Waals surface area (Å²) in [6, 6.07) is 14.6. The molecule has 0 radical (unpaired) electrons. The molecule has 6 heteroatoms. The van der Waals surface area contributed by atoms with Crippen molar-refractivity contribution in [2.45, 2.75) is 0 Å². The first-order chi connectivity index (χ1) is 11.1. The van der Waals surface area contributed by atoms with Crippen molar-refractivity contribution in [3.05, 3.63) is 65.2 Å². The number of carbonyl (C=O) groups excluding carboxylic acids is 1. The molecule has 0 fully saturated rings. The highest BCUT2D eigenvalue weighted by molar-refractivity contribution is 5.95. The molecule has 23 heavy (non-hydrogen) atoms. The molecule has 112 valence electrons. The van der Waals surface area contributed by atoms with Gasteiger partial charge in [-0.2, -0.15) is 5.26 Å². The van der Waals surface area contributed by atoms with Crippen molar-refractivity contribution < 1.29 is 14.3 Å². The number of amides is 1. The van der Waals surface area contributed by atoms with Crippen LogP contribution in [0.25, 0.3) is 11.0 Å². The summed E-state index contributed by atoms with van der Waals surface area (Å²) in [5.74, 6) is -0.631. The number of hydrogen-bond acceptors (Lipinski definition) is 5. The number of benzene rings is 2. The van der Waals surface area contributed by atoms with E-state index in [-0.39, 0.29) is 16.9 Å². The molecule has 1 heterocycles. The number of primary amides is 1. The van der Waals surface area contributed by atoms with Gasteiger partial charge in [0.15, 0.2) is 0 Å². The minimum atomic E-state index is -0.670. The zero-order valence-corrected chi connectivity index (χ0v) is 11.9. The molecule has 0 atom stereocenters. The lowest BCUT2D eigenvalue weighted by Gasteiger charge is -2.02. The lowest BCUT2D eigenvalue weighted by atomic mass is 10.1. The predicted molar refractivity (Wildman–Crippen MR) is 82.8 cm³/mol. The second kappa shape index (κ2) is 5.66. The van der Waals surface area contributed by atoms with E-state index in [1.165, 1.54) is 12.1 Å². The molecule has 0 aliphatic carbocycles. The number of rotatable bonds is 2. The van der Waals surface area contributed by atoms with Gasteiger partial charge in [-0.1, -0.05) is 0 Å². The molecule has 6 nitrogen and oxygen atoms in total. The molecule has 0 aliphatic heterocycles. The highest BCUT2D eigenvalue weighted by Crippen LogP contribution is 2.20. The Morgan fingerprint density at radius 3 is 2.57 bits per heavy atom. The van der Waals surface area contributed by atoms with E-state index < -0.39 is 5.91 Å². The first-order valence-corrected chi connectivity index (χ1v) is 6.68. The minimum Gasteiger partial charge on any atom is -0.508 e. The SMILES string of the molecule is N#Cc1ccc(N=c2oc3cc(O)ccc3cc2C(N)=O)cc1. The monoisotopic (exact) mass is 305 g/mol. The second-order valence-electron chi connectivity index (χ2n) is 4.82. The van der Waals surface area contributed by atoms with Crippen LogP contribution in [0.4, 0.5) is 5.69 Å². The van der Waals surface area contributed by atoms with E-state index >= 15 is 0 Å². The van der Waals surface area contributed by atoms with Crippen LogP contribution in [-0.4, -0.2) is 11.0 Å². The molecule has 2 aromatic carbocycles. The molecule has 0 saturated heterocycles. The van der Waals surface area contributed by atoms with Crippen molar-refractivity contribution in [2.24, 2.45) is 10.7 Å². The van der Waals surface area contributed by atoms with Crippen molar-refractivity contribution >= 4 is 22.6 Å². The summed E-state index contributed by atoms with van der Waals surface area (Å²) in [6.45, 7) is 0. The molecular formula is C17H11N3O3. The Bertz CT molecular complexity index is 1010. The zero-order chi connectivity index (χ0) is 16.4. The Balaban J connectivity index is 2.24. The van der Waals surface area contributed by atoms with E-state index in [0.717, 1.165) is 0 Å². The molecule has 3 N–H and O–H groups in total. The van der Waals surface area contributed by atoms with Gasteiger partial charge in [0.05, 0.1) is 17.3 Å². The Kier molecular flexibility index (Phi) is 3.53. The molecule has 0 spiro atoms. The molecule has 3 aromatic rings. The van der Waals surface area contributed by atoms with Crippen LogP contribution in [0, 0.1) is 11.3 Å². The average Bonchev–Trinajstić information content (AvgIpc) is 2.54. The number of phenols is 1. The fourth-order valence-corrected chi connectivity index (χ4v) is 2.09. The highest BCUT2D eigenvalue weighted by Gasteiger charge is 2.10. The highest BCUT2D eigenvalue weighted by atomic mass is 16.3. The summed E-state index contributed by atoms with van der Waals surface area (Å²) in [4.78, 5) is 15.9. The van der Waals surface area contributed by atoms with E-state index in [1.54, 1.807) is 36.4 Å². The molecule has 1 amide bonds. The molecule has 0 bridgehead atoms. The Hall–Kier alpha value is -3.59. The van der Waals surface area contributed by atoms with Crippen molar-refractivity contribution in [3.63, 3.8) is 0 Å². The van der Waals surface area contributed by atoms with Gasteiger partial charge in [-0.15, -0.1) is 0 Å². The first kappa shape index (κ1) is 14.4. The van der Waals surface area contributed by atoms with Crippen molar-refractivity contribution in [1.82, 2.24) is 0 Å². The standard InChI is InChI=1S/C17H11N3O3/c18-9-10-1-4-12(5-2-10)20-17-14(16(19)22)7-11-3-6-13(21)8-15(11)23-17/h1-8,21H,(H2,19,22). The summed E-state index contributed by atoms with van der Waals surface area (Å²) in [5.41, 5.74) is 6.94. The molecule has 0 aliphatic rings. The summed E-state index contributed by atoms with van der Waals surface area (Å²) in [7, 11) is 0. The molecule has 0 unspecified atom stereocenters. The fourth-order valence-electron chi connectivity index (χ4n) is 2.09. The van der Waals surface area contributed by atoms with Crippen LogP contribution in [0.1, 0.15) is 15.9 Å². The van der Waals surface area contributed by atoms with Gasteiger partial charge in [0.1, 0.15) is 16.9 Å². The summed E-state index contributed by atoms with van der Waals surface area (Å²) in [6.07, 6.45) is 0. The quantitative estimate of drug-likeness (QED) is 0.756. The van der Waals surface area contributed by atoms with E-state index in [4.69, 9.17) is 15.4 Å². The third kappa shape index (κ3) is 2.89. The predicted octanol–water partition coefficient (Wildman–Crippen LogP) is 2.34. The smallest absolute Gasteiger partial charge is 0.254 e. The van der Waals surface area contributed by atoms with Crippen LogP contribution in [0.15, 0.2) is 57.9 Å². The van der Waals surface area contributed by atoms with E-state index in [9.17, 15) is 9.90 Å². The van der Waals surface area contributed by atoms with Crippen LogP contribution in [0.5, 0.6) is 5.75 Å². The number of phenolic OH excluding ortho intramolecular Hbond substituents is 1. The second-order valence-corrected chi connectivity index (χ2v) is 4.82. The molecule has 3 rings (SSSR count). The lowest BCUT2D eigenvalue weighted by Crippen LogP contribution is -2.21. The molecular weight excluding hydrogens is 294 g/mol. The van der Waals surface area contributed by atoms with Gasteiger partial charge in [0.2, 0.25) is 5.55 Å². The van der Waals surface area contributed by atoms with Crippen molar-refractivity contribution in [3.8, 4) is 11.8 Å². The third-order valence-corrected chi connectivity index (χ3v) is 3.23. The minimum absolute atomic E-state index is 0.0393. The maximum absolute atomic E-state index is 11.6. The first-order valence-electron chi connectivity index (χ1n) is 6.68. The Morgan fingerprint density at radius 1 is 1.17 bits per heavy atom. The number of nitriles is 1. The van der Waals surface area contributed by atoms with E-state index in [0.29, 0.717) is 22.2 Å². The Morgan fingerprint density at radius 2 is 1.91 bits per heavy atom. The maximum atomic E-state index is 11.6. The maximum Gasteiger partial charge on any atom is 0.254 e. The summed E-state index contributed by atoms with van der Waals surface area (Å²) in [5, 5.41) is 19.0. The molecule has 0 saturated carbocycles. The number of carbonyl (C=O) groups is 1. The van der Waals surface area contributed by atoms with E-state index in [2.05, 4.69) is 4.99 Å². The van der Waals surface area contributed by atoms with Gasteiger partial charge in [-0.25, -0.2) is 4.99 Å². The van der Waals surface area contributed by atoms with Crippen LogP contribution in [0.3, 0.4) is 0 Å². The van der Waals surface area contributed by atoms with Crippen molar-refractivity contribution in [2.75, 3.05) is 0 Å². The number of fused-ring (bicyclic) bond motifs is 1. The van der Waals surface area contributed by atoms with Crippen LogP contribution < -0.4 is 11.3 Å². The Labute approximate surface area is 130 Å². The van der Waals surface area contributed by atoms with Gasteiger partial charge in [-0.05, 0) is 42.5 Å². The number of nitrogens with two attached hydrogens (primary N) is 1. The summed E-state index contributed by atoms with van der Waals surface area (Å²) >= 11 is 0. The van der Waals surface area contributed by atoms with Crippen LogP contribution in [-0.2, 0) is 0 Å². The topological polar surface area (TPSA) is 113 Å². The summed E-state index contributed by atoms with van der Waals surface area (Å²) < 4.78 is 5.60. The normalized spacial score (nSPS) is 11.3. The van der Waals surface area contributed by atoms with Crippen molar-refractivity contribution in [1.29, 1.82) is 5.26 Å². The van der Waals surface area contributed by atoms with Gasteiger partial charge < -0.3 is 15.3 Å². The van der Waals surface area contributed by atoms with Gasteiger partial charge >= 0.3 is 0 Å². The van der Waals surface area contributed by atoms with Gasteiger partial charge in [-0.3, -0.25) is 4.79 Å². The zero-order valence-electron chi connectivity index (χ0n) is 11.9. The average molecular weight is 305 g/mol. The van der Waals surface area contributed by atoms with Crippen LogP contribution in [0.2, 0.25) is 0 Å². The van der Waals surface area contributed by atoms with Crippen LogP contribution >= 0.6 is 0 Å². The lowest BCUT2D eigenvalue weighted by molar-refractivity contribution is 0.0996. The number of aromatic hydroxyl groups is 1. The number of hydrogen-bond donors (Lipinski definition) is 2. The molecule has 1 aromatic heterocycles. The number of nitrogens with zero attached hydrogens (tertiary/aromatic N) is 2.